The zero-order valence-corrected chi connectivity index (χ0v) is 6.28. The third-order valence-corrected chi connectivity index (χ3v) is 1.40. The number of nitrogens with one attached hydrogen (secondary N) is 1. The summed E-state index contributed by atoms with van der Waals surface area (Å²) in [6, 6.07) is 6.54. The molecule has 0 spiro atoms. The summed E-state index contributed by atoms with van der Waals surface area (Å²) >= 11 is 0. The Balaban J connectivity index is 2.94. The molecule has 0 saturated carbocycles. The van der Waals surface area contributed by atoms with Gasteiger partial charge in [0.1, 0.15) is 0 Å². The van der Waals surface area contributed by atoms with Crippen LogP contribution in [0, 0.1) is 0 Å². The first-order valence-corrected chi connectivity index (χ1v) is 3.34. The van der Waals surface area contributed by atoms with Gasteiger partial charge < -0.3 is 5.73 Å². The van der Waals surface area contributed by atoms with Gasteiger partial charge in [-0.1, -0.05) is 12.1 Å². The van der Waals surface area contributed by atoms with Gasteiger partial charge >= 0.3 is 0 Å². The minimum absolute atomic E-state index is 0.310. The summed E-state index contributed by atoms with van der Waals surface area (Å²) in [4.78, 5) is 21.0. The highest BCUT2D eigenvalue weighted by atomic mass is 16.2. The van der Waals surface area contributed by atoms with E-state index in [0.717, 1.165) is 0 Å². The summed E-state index contributed by atoms with van der Waals surface area (Å²) in [7, 11) is 0. The van der Waals surface area contributed by atoms with Gasteiger partial charge in [0.25, 0.3) is 5.91 Å². The number of nitrogen functional groups attached to an aromatic ring is 1. The quantitative estimate of drug-likeness (QED) is 0.483. The normalized spacial score (nSPS) is 9.00. The highest BCUT2D eigenvalue weighted by molar-refractivity contribution is 6.03. The lowest BCUT2D eigenvalue weighted by Crippen LogP contribution is -2.22. The molecule has 0 radical (unpaired) electrons. The van der Waals surface area contributed by atoms with Gasteiger partial charge in [-0.15, -0.1) is 0 Å². The number of anilines is 1. The third kappa shape index (κ3) is 1.60. The lowest BCUT2D eigenvalue weighted by Gasteiger charge is -2.01. The Hall–Kier alpha value is -1.84. The minimum Gasteiger partial charge on any atom is -0.398 e. The van der Waals surface area contributed by atoms with Crippen LogP contribution in [0.1, 0.15) is 10.4 Å². The van der Waals surface area contributed by atoms with Crippen molar-refractivity contribution in [2.75, 3.05) is 5.73 Å². The number of carbonyl (C=O) groups excluding carboxylic acids is 2. The Kier molecular flexibility index (Phi) is 2.42. The van der Waals surface area contributed by atoms with Crippen LogP contribution in [-0.4, -0.2) is 12.3 Å². The van der Waals surface area contributed by atoms with E-state index in [-0.39, 0.29) is 0 Å². The van der Waals surface area contributed by atoms with Gasteiger partial charge in [-0.05, 0) is 12.1 Å². The van der Waals surface area contributed by atoms with Crippen molar-refractivity contribution >= 4 is 18.0 Å². The molecule has 0 saturated heterocycles. The van der Waals surface area contributed by atoms with Crippen molar-refractivity contribution < 1.29 is 9.59 Å². The van der Waals surface area contributed by atoms with Gasteiger partial charge in [-0.2, -0.15) is 0 Å². The summed E-state index contributed by atoms with van der Waals surface area (Å²) in [6.07, 6.45) is 0.328. The Morgan fingerprint density at radius 2 is 2.08 bits per heavy atom. The van der Waals surface area contributed by atoms with Crippen molar-refractivity contribution in [3.05, 3.63) is 29.8 Å². The lowest BCUT2D eigenvalue weighted by atomic mass is 10.2. The van der Waals surface area contributed by atoms with Crippen LogP contribution in [0.5, 0.6) is 0 Å². The second kappa shape index (κ2) is 3.52. The molecule has 0 fully saturated rings. The van der Waals surface area contributed by atoms with E-state index in [1.54, 1.807) is 24.3 Å². The molecular formula is C8H8N2O2. The van der Waals surface area contributed by atoms with Gasteiger partial charge in [0.15, 0.2) is 0 Å². The predicted octanol–water partition coefficient (Wildman–Crippen LogP) is 0.155. The van der Waals surface area contributed by atoms with Crippen LogP contribution in [0.15, 0.2) is 24.3 Å². The first-order valence-electron chi connectivity index (χ1n) is 3.34. The minimum atomic E-state index is -0.483. The van der Waals surface area contributed by atoms with Crippen LogP contribution in [0.4, 0.5) is 5.69 Å². The number of rotatable bonds is 2. The second-order valence-corrected chi connectivity index (χ2v) is 2.18. The molecule has 0 heterocycles. The van der Waals surface area contributed by atoms with Crippen molar-refractivity contribution in [2.24, 2.45) is 0 Å². The molecular weight excluding hydrogens is 156 g/mol. The smallest absolute Gasteiger partial charge is 0.259 e. The highest BCUT2D eigenvalue weighted by Gasteiger charge is 2.06. The molecule has 0 atom stereocenters. The molecule has 12 heavy (non-hydrogen) atoms. The summed E-state index contributed by atoms with van der Waals surface area (Å²) in [5.74, 6) is -0.483. The highest BCUT2D eigenvalue weighted by Crippen LogP contribution is 2.09. The lowest BCUT2D eigenvalue weighted by molar-refractivity contribution is -0.108. The maximum absolute atomic E-state index is 11.0. The number of para-hydroxylation sites is 1. The molecule has 2 amide bonds. The van der Waals surface area contributed by atoms with Gasteiger partial charge in [0.05, 0.1) is 5.56 Å². The van der Waals surface area contributed by atoms with E-state index in [0.29, 0.717) is 17.7 Å². The molecule has 0 aliphatic heterocycles. The zero-order chi connectivity index (χ0) is 8.97. The Labute approximate surface area is 69.4 Å². The van der Waals surface area contributed by atoms with Crippen molar-refractivity contribution in [2.45, 2.75) is 0 Å². The first kappa shape index (κ1) is 8.26. The van der Waals surface area contributed by atoms with Crippen molar-refractivity contribution in [1.29, 1.82) is 0 Å². The molecule has 0 aliphatic rings. The number of nitrogens with two attached hydrogens (primary N) is 1. The summed E-state index contributed by atoms with van der Waals surface area (Å²) in [5, 5.41) is 2.00. The molecule has 1 rings (SSSR count). The standard InChI is InChI=1S/C8H8N2O2/c9-7-4-2-1-3-6(7)8(12)10-5-11/h1-5H,9H2,(H,10,11,12). The topological polar surface area (TPSA) is 72.2 Å². The summed E-state index contributed by atoms with van der Waals surface area (Å²) < 4.78 is 0. The molecule has 1 aromatic carbocycles. The van der Waals surface area contributed by atoms with E-state index in [4.69, 9.17) is 5.73 Å². The van der Waals surface area contributed by atoms with E-state index in [9.17, 15) is 9.59 Å². The number of hydrogen-bond donors (Lipinski definition) is 2. The van der Waals surface area contributed by atoms with Crippen LogP contribution in [0.2, 0.25) is 0 Å². The fourth-order valence-corrected chi connectivity index (χ4v) is 0.835. The average molecular weight is 164 g/mol. The second-order valence-electron chi connectivity index (χ2n) is 2.18. The molecule has 4 heteroatoms. The Morgan fingerprint density at radius 1 is 1.42 bits per heavy atom. The third-order valence-electron chi connectivity index (χ3n) is 1.40. The maximum atomic E-state index is 11.0. The largest absolute Gasteiger partial charge is 0.398 e. The molecule has 0 aliphatic carbocycles. The number of carbonyl (C=O) groups is 2. The van der Waals surface area contributed by atoms with Crippen LogP contribution in [0.3, 0.4) is 0 Å². The maximum Gasteiger partial charge on any atom is 0.259 e. The Morgan fingerprint density at radius 3 is 2.67 bits per heavy atom. The summed E-state index contributed by atoms with van der Waals surface area (Å²) in [6.45, 7) is 0. The van der Waals surface area contributed by atoms with Crippen molar-refractivity contribution in [3.63, 3.8) is 0 Å². The van der Waals surface area contributed by atoms with Gasteiger partial charge in [0, 0.05) is 5.69 Å². The number of amides is 2. The number of benzene rings is 1. The van der Waals surface area contributed by atoms with Crippen LogP contribution in [-0.2, 0) is 4.79 Å². The molecule has 4 nitrogen and oxygen atoms in total. The van der Waals surface area contributed by atoms with Gasteiger partial charge in [0.2, 0.25) is 6.41 Å². The first-order chi connectivity index (χ1) is 5.75. The fourth-order valence-electron chi connectivity index (χ4n) is 0.835. The van der Waals surface area contributed by atoms with Crippen LogP contribution < -0.4 is 11.1 Å². The fraction of sp³-hybridized carbons (Fsp3) is 0. The number of imide groups is 1. The molecule has 0 unspecified atom stereocenters. The van der Waals surface area contributed by atoms with Crippen LogP contribution >= 0.6 is 0 Å². The monoisotopic (exact) mass is 164 g/mol. The molecule has 0 bridgehead atoms. The van der Waals surface area contributed by atoms with Gasteiger partial charge in [-0.3, -0.25) is 14.9 Å². The van der Waals surface area contributed by atoms with E-state index >= 15 is 0 Å². The number of hydrogen-bond acceptors (Lipinski definition) is 3. The van der Waals surface area contributed by atoms with E-state index in [1.807, 2.05) is 5.32 Å². The molecule has 0 aromatic heterocycles. The van der Waals surface area contributed by atoms with E-state index in [1.165, 1.54) is 0 Å². The molecule has 62 valence electrons. The molecule has 1 aromatic rings. The average Bonchev–Trinajstić information content (AvgIpc) is 2.05. The van der Waals surface area contributed by atoms with E-state index < -0.39 is 5.91 Å². The SMILES string of the molecule is Nc1ccccc1C(=O)NC=O. The zero-order valence-electron chi connectivity index (χ0n) is 6.28. The van der Waals surface area contributed by atoms with Crippen molar-refractivity contribution in [1.82, 2.24) is 5.32 Å². The predicted molar refractivity (Wildman–Crippen MR) is 44.4 cm³/mol. The van der Waals surface area contributed by atoms with Crippen LogP contribution in [0.25, 0.3) is 0 Å². The summed E-state index contributed by atoms with van der Waals surface area (Å²) in [5.41, 5.74) is 6.14. The van der Waals surface area contributed by atoms with Crippen molar-refractivity contribution in [3.8, 4) is 0 Å². The van der Waals surface area contributed by atoms with Gasteiger partial charge in [-0.25, -0.2) is 0 Å². The van der Waals surface area contributed by atoms with E-state index in [2.05, 4.69) is 0 Å². The molecule has 3 N–H and O–H groups in total. The Bertz CT molecular complexity index is 310.